The van der Waals surface area contributed by atoms with Crippen LogP contribution >= 0.6 is 12.4 Å². The van der Waals surface area contributed by atoms with Crippen LogP contribution in [0.4, 0.5) is 14.5 Å². The van der Waals surface area contributed by atoms with E-state index in [1.807, 2.05) is 0 Å². The lowest BCUT2D eigenvalue weighted by molar-refractivity contribution is -0.116. The third-order valence-corrected chi connectivity index (χ3v) is 5.39. The summed E-state index contributed by atoms with van der Waals surface area (Å²) in [5, 5.41) is 5.46. The molecule has 1 aromatic carbocycles. The normalized spacial score (nSPS) is 17.7. The maximum absolute atomic E-state index is 14.0. The highest BCUT2D eigenvalue weighted by atomic mass is 35.5. The molecule has 6 nitrogen and oxygen atoms in total. The molecule has 3 N–H and O–H groups in total. The van der Waals surface area contributed by atoms with Crippen molar-refractivity contribution in [2.75, 3.05) is 11.9 Å². The molecular weight excluding hydrogens is 388 g/mol. The third-order valence-electron chi connectivity index (χ3n) is 3.62. The van der Waals surface area contributed by atoms with Gasteiger partial charge in [0.05, 0.1) is 5.69 Å². The Balaban J connectivity index is 0.00000338. The van der Waals surface area contributed by atoms with Crippen molar-refractivity contribution in [1.82, 2.24) is 10.0 Å². The molecule has 1 atom stereocenters. The van der Waals surface area contributed by atoms with Crippen LogP contribution in [-0.2, 0) is 14.8 Å². The fourth-order valence-corrected chi connectivity index (χ4v) is 4.15. The van der Waals surface area contributed by atoms with E-state index in [2.05, 4.69) is 15.4 Å². The van der Waals surface area contributed by atoms with Crippen LogP contribution in [0.15, 0.2) is 17.0 Å². The first kappa shape index (κ1) is 22.8. The summed E-state index contributed by atoms with van der Waals surface area (Å²) in [7, 11) is -4.20. The average Bonchev–Trinajstić information content (AvgIpc) is 2.91. The van der Waals surface area contributed by atoms with Crippen molar-refractivity contribution in [1.29, 1.82) is 0 Å². The Morgan fingerprint density at radius 3 is 2.46 bits per heavy atom. The van der Waals surface area contributed by atoms with Crippen molar-refractivity contribution >= 4 is 34.0 Å². The molecule has 10 heteroatoms. The van der Waals surface area contributed by atoms with Crippen molar-refractivity contribution in [3.05, 3.63) is 23.8 Å². The highest BCUT2D eigenvalue weighted by Gasteiger charge is 2.27. The second-order valence-electron chi connectivity index (χ2n) is 7.16. The zero-order valence-corrected chi connectivity index (χ0v) is 16.5. The van der Waals surface area contributed by atoms with Gasteiger partial charge in [0, 0.05) is 24.1 Å². The molecule has 2 rings (SSSR count). The SMILES string of the molecule is CC(C)(C)NS(=O)(=O)c1cc(NC(=O)CC2CCCN2)c(F)cc1F.Cl. The van der Waals surface area contributed by atoms with E-state index in [4.69, 9.17) is 0 Å². The molecular formula is C16H24ClF2N3O3S. The van der Waals surface area contributed by atoms with Crippen molar-refractivity contribution in [3.63, 3.8) is 0 Å². The summed E-state index contributed by atoms with van der Waals surface area (Å²) < 4.78 is 54.8. The zero-order valence-electron chi connectivity index (χ0n) is 14.9. The lowest BCUT2D eigenvalue weighted by Crippen LogP contribution is -2.40. The molecule has 26 heavy (non-hydrogen) atoms. The second-order valence-corrected chi connectivity index (χ2v) is 8.81. The van der Waals surface area contributed by atoms with Gasteiger partial charge in [0.25, 0.3) is 0 Å². The number of nitrogens with one attached hydrogen (secondary N) is 3. The first-order chi connectivity index (χ1) is 11.5. The summed E-state index contributed by atoms with van der Waals surface area (Å²) in [5.41, 5.74) is -1.20. The standard InChI is InChI=1S/C16H23F2N3O3S.ClH/c1-16(2,3)21-25(23,24)14-9-13(11(17)8-12(14)18)20-15(22)7-10-5-4-6-19-10;/h8-10,19,21H,4-7H2,1-3H3,(H,20,22);1H. The van der Waals surface area contributed by atoms with Gasteiger partial charge in [-0.3, -0.25) is 4.79 Å². The van der Waals surface area contributed by atoms with Gasteiger partial charge in [0.2, 0.25) is 15.9 Å². The Morgan fingerprint density at radius 1 is 1.27 bits per heavy atom. The van der Waals surface area contributed by atoms with Gasteiger partial charge >= 0.3 is 0 Å². The number of halogens is 3. The highest BCUT2D eigenvalue weighted by Crippen LogP contribution is 2.24. The molecule has 0 spiro atoms. The summed E-state index contributed by atoms with van der Waals surface area (Å²) in [6.45, 7) is 5.62. The molecule has 1 aliphatic heterocycles. The van der Waals surface area contributed by atoms with Crippen LogP contribution in [0.25, 0.3) is 0 Å². The van der Waals surface area contributed by atoms with Gasteiger partial charge in [-0.2, -0.15) is 0 Å². The number of hydrogen-bond donors (Lipinski definition) is 3. The molecule has 0 radical (unpaired) electrons. The van der Waals surface area contributed by atoms with Crippen LogP contribution < -0.4 is 15.4 Å². The summed E-state index contributed by atoms with van der Waals surface area (Å²) in [6.07, 6.45) is 1.94. The number of amides is 1. The first-order valence-electron chi connectivity index (χ1n) is 8.04. The smallest absolute Gasteiger partial charge is 0.244 e. The molecule has 1 fully saturated rings. The summed E-state index contributed by atoms with van der Waals surface area (Å²) in [4.78, 5) is 11.3. The number of carbonyl (C=O) groups is 1. The second kappa shape index (κ2) is 8.60. The maximum atomic E-state index is 14.0. The van der Waals surface area contributed by atoms with E-state index in [-0.39, 0.29) is 30.6 Å². The Kier molecular flexibility index (Phi) is 7.52. The van der Waals surface area contributed by atoms with Crippen LogP contribution in [-0.4, -0.2) is 32.5 Å². The molecule has 0 aromatic heterocycles. The van der Waals surface area contributed by atoms with E-state index in [1.54, 1.807) is 20.8 Å². The lowest BCUT2D eigenvalue weighted by atomic mass is 10.1. The Morgan fingerprint density at radius 2 is 1.92 bits per heavy atom. The number of carbonyl (C=O) groups excluding carboxylic acids is 1. The lowest BCUT2D eigenvalue weighted by Gasteiger charge is -2.21. The fraction of sp³-hybridized carbons (Fsp3) is 0.562. The van der Waals surface area contributed by atoms with E-state index in [0.29, 0.717) is 6.07 Å². The van der Waals surface area contributed by atoms with E-state index < -0.39 is 38.0 Å². The van der Waals surface area contributed by atoms with E-state index in [0.717, 1.165) is 25.5 Å². The summed E-state index contributed by atoms with van der Waals surface area (Å²) >= 11 is 0. The first-order valence-corrected chi connectivity index (χ1v) is 9.52. The van der Waals surface area contributed by atoms with E-state index in [1.165, 1.54) is 0 Å². The van der Waals surface area contributed by atoms with Crippen molar-refractivity contribution < 1.29 is 22.0 Å². The molecule has 1 saturated heterocycles. The van der Waals surface area contributed by atoms with Crippen LogP contribution in [0.2, 0.25) is 0 Å². The number of anilines is 1. The molecule has 1 unspecified atom stereocenters. The molecule has 0 aliphatic carbocycles. The topological polar surface area (TPSA) is 87.3 Å². The van der Waals surface area contributed by atoms with Gasteiger partial charge in [-0.15, -0.1) is 12.4 Å². The van der Waals surface area contributed by atoms with E-state index >= 15 is 0 Å². The Bertz CT molecular complexity index is 761. The number of rotatable bonds is 5. The largest absolute Gasteiger partial charge is 0.324 e. The minimum atomic E-state index is -4.20. The monoisotopic (exact) mass is 411 g/mol. The Labute approximate surface area is 158 Å². The molecule has 0 saturated carbocycles. The molecule has 0 bridgehead atoms. The molecule has 1 aromatic rings. The average molecular weight is 412 g/mol. The Hall–Kier alpha value is -1.29. The van der Waals surface area contributed by atoms with Crippen LogP contribution in [0.1, 0.15) is 40.0 Å². The zero-order chi connectivity index (χ0) is 18.8. The van der Waals surface area contributed by atoms with Gasteiger partial charge in [0.15, 0.2) is 0 Å². The quantitative estimate of drug-likeness (QED) is 0.694. The molecule has 148 valence electrons. The fourth-order valence-electron chi connectivity index (χ4n) is 2.64. The van der Waals surface area contributed by atoms with Gasteiger partial charge in [-0.1, -0.05) is 0 Å². The molecule has 1 amide bonds. The summed E-state index contributed by atoms with van der Waals surface area (Å²) in [5.74, 6) is -2.71. The number of sulfonamides is 1. The van der Waals surface area contributed by atoms with Gasteiger partial charge in [-0.05, 0) is 46.2 Å². The van der Waals surface area contributed by atoms with Crippen LogP contribution in [0.3, 0.4) is 0 Å². The predicted molar refractivity (Wildman–Crippen MR) is 98.0 cm³/mol. The maximum Gasteiger partial charge on any atom is 0.244 e. The van der Waals surface area contributed by atoms with Crippen molar-refractivity contribution in [3.8, 4) is 0 Å². The highest BCUT2D eigenvalue weighted by molar-refractivity contribution is 7.89. The van der Waals surface area contributed by atoms with Crippen molar-refractivity contribution in [2.45, 2.75) is 56.5 Å². The third kappa shape index (κ3) is 6.15. The minimum Gasteiger partial charge on any atom is -0.324 e. The predicted octanol–water partition coefficient (Wildman–Crippen LogP) is 2.54. The van der Waals surface area contributed by atoms with Crippen molar-refractivity contribution in [2.24, 2.45) is 0 Å². The van der Waals surface area contributed by atoms with Crippen LogP contribution in [0.5, 0.6) is 0 Å². The molecule has 1 heterocycles. The van der Waals surface area contributed by atoms with Gasteiger partial charge in [0.1, 0.15) is 16.5 Å². The molecule has 1 aliphatic rings. The van der Waals surface area contributed by atoms with Gasteiger partial charge in [-0.25, -0.2) is 21.9 Å². The minimum absolute atomic E-state index is 0. The van der Waals surface area contributed by atoms with Gasteiger partial charge < -0.3 is 10.6 Å². The van der Waals surface area contributed by atoms with Crippen LogP contribution in [0, 0.1) is 11.6 Å². The van der Waals surface area contributed by atoms with E-state index in [9.17, 15) is 22.0 Å². The summed E-state index contributed by atoms with van der Waals surface area (Å²) in [6, 6.07) is 1.27. The number of hydrogen-bond acceptors (Lipinski definition) is 4. The number of benzene rings is 1.